The molecule has 0 aromatic carbocycles. The quantitative estimate of drug-likeness (QED) is 0.694. The predicted octanol–water partition coefficient (Wildman–Crippen LogP) is 0.536. The van der Waals surface area contributed by atoms with Gasteiger partial charge in [0.25, 0.3) is 0 Å². The Morgan fingerprint density at radius 1 is 1.43 bits per heavy atom. The van der Waals surface area contributed by atoms with Crippen LogP contribution in [0.3, 0.4) is 0 Å². The van der Waals surface area contributed by atoms with Gasteiger partial charge >= 0.3 is 6.03 Å². The zero-order chi connectivity index (χ0) is 9.97. The number of rotatable bonds is 1. The van der Waals surface area contributed by atoms with Gasteiger partial charge in [0.2, 0.25) is 0 Å². The van der Waals surface area contributed by atoms with E-state index in [4.69, 9.17) is 5.73 Å². The first-order valence-electron chi connectivity index (χ1n) is 5.16. The fourth-order valence-electron chi connectivity index (χ4n) is 1.98. The molecule has 0 spiro atoms. The molecule has 2 aliphatic rings. The van der Waals surface area contributed by atoms with Crippen LogP contribution < -0.4 is 5.73 Å². The normalized spacial score (nSPS) is 27.4. The molecule has 2 aliphatic heterocycles. The molecule has 2 heterocycles. The Kier molecular flexibility index (Phi) is 3.18. The molecule has 14 heavy (non-hydrogen) atoms. The third-order valence-electron chi connectivity index (χ3n) is 2.88. The Morgan fingerprint density at radius 3 is 2.79 bits per heavy atom. The lowest BCUT2D eigenvalue weighted by Gasteiger charge is -2.27. The van der Waals surface area contributed by atoms with Gasteiger partial charge in [-0.1, -0.05) is 0 Å². The average Bonchev–Trinajstić information content (AvgIpc) is 2.87. The van der Waals surface area contributed by atoms with E-state index in [1.165, 1.54) is 0 Å². The van der Waals surface area contributed by atoms with Gasteiger partial charge in [-0.25, -0.2) is 4.79 Å². The Bertz CT molecular complexity index is 218. The minimum absolute atomic E-state index is 0.197. The van der Waals surface area contributed by atoms with E-state index in [0.29, 0.717) is 6.54 Å². The van der Waals surface area contributed by atoms with Crippen molar-refractivity contribution < 1.29 is 4.79 Å². The Morgan fingerprint density at radius 2 is 2.14 bits per heavy atom. The molecule has 4 nitrogen and oxygen atoms in total. The summed E-state index contributed by atoms with van der Waals surface area (Å²) in [4.78, 5) is 15.9. The Hall–Kier alpha value is -0.420. The molecule has 5 heteroatoms. The van der Waals surface area contributed by atoms with Crippen molar-refractivity contribution in [3.05, 3.63) is 0 Å². The summed E-state index contributed by atoms with van der Waals surface area (Å²) in [6.07, 6.45) is 2.31. The van der Waals surface area contributed by atoms with Crippen LogP contribution in [0.5, 0.6) is 0 Å². The van der Waals surface area contributed by atoms with Crippen molar-refractivity contribution in [3.63, 3.8) is 0 Å². The van der Waals surface area contributed by atoms with Gasteiger partial charge in [-0.3, -0.25) is 0 Å². The lowest BCUT2D eigenvalue weighted by atomic mass is 10.3. The van der Waals surface area contributed by atoms with Crippen LogP contribution in [0.25, 0.3) is 0 Å². The van der Waals surface area contributed by atoms with Crippen molar-refractivity contribution in [1.82, 2.24) is 9.80 Å². The number of amides is 2. The van der Waals surface area contributed by atoms with E-state index in [0.717, 1.165) is 37.6 Å². The van der Waals surface area contributed by atoms with E-state index in [2.05, 4.69) is 0 Å². The topological polar surface area (TPSA) is 49.6 Å². The minimum Gasteiger partial charge on any atom is -0.328 e. The van der Waals surface area contributed by atoms with Crippen molar-refractivity contribution >= 4 is 17.8 Å². The second kappa shape index (κ2) is 4.40. The molecule has 1 atom stereocenters. The van der Waals surface area contributed by atoms with E-state index in [1.807, 2.05) is 9.80 Å². The standard InChI is InChI=1S/C9H17N3OS/c10-5-8-6-14-7-12(8)9(13)11-3-1-2-4-11/h8H,1-7,10H2. The van der Waals surface area contributed by atoms with E-state index >= 15 is 0 Å². The van der Waals surface area contributed by atoms with E-state index in [-0.39, 0.29) is 12.1 Å². The highest BCUT2D eigenvalue weighted by Crippen LogP contribution is 2.22. The summed E-state index contributed by atoms with van der Waals surface area (Å²) >= 11 is 1.80. The van der Waals surface area contributed by atoms with Crippen LogP contribution in [0.4, 0.5) is 4.79 Å². The summed E-state index contributed by atoms with van der Waals surface area (Å²) < 4.78 is 0. The number of hydrogen-bond donors (Lipinski definition) is 1. The fraction of sp³-hybridized carbons (Fsp3) is 0.889. The van der Waals surface area contributed by atoms with Crippen molar-refractivity contribution in [2.45, 2.75) is 18.9 Å². The molecule has 0 bridgehead atoms. The van der Waals surface area contributed by atoms with Gasteiger partial charge in [0.05, 0.1) is 11.9 Å². The SMILES string of the molecule is NCC1CSCN1C(=O)N1CCCC1. The van der Waals surface area contributed by atoms with E-state index in [1.54, 1.807) is 11.8 Å². The van der Waals surface area contributed by atoms with Gasteiger partial charge in [0.15, 0.2) is 0 Å². The van der Waals surface area contributed by atoms with Crippen LogP contribution in [0.2, 0.25) is 0 Å². The van der Waals surface area contributed by atoms with Gasteiger partial charge in [-0.15, -0.1) is 11.8 Å². The van der Waals surface area contributed by atoms with E-state index < -0.39 is 0 Å². The van der Waals surface area contributed by atoms with Crippen LogP contribution in [0, 0.1) is 0 Å². The zero-order valence-electron chi connectivity index (χ0n) is 8.32. The van der Waals surface area contributed by atoms with E-state index in [9.17, 15) is 4.79 Å². The lowest BCUT2D eigenvalue weighted by Crippen LogP contribution is -2.47. The smallest absolute Gasteiger partial charge is 0.321 e. The highest BCUT2D eigenvalue weighted by molar-refractivity contribution is 7.99. The summed E-state index contributed by atoms with van der Waals surface area (Å²) in [7, 11) is 0. The molecule has 2 amide bonds. The molecule has 1 unspecified atom stereocenters. The number of hydrogen-bond acceptors (Lipinski definition) is 3. The highest BCUT2D eigenvalue weighted by atomic mass is 32.2. The molecule has 2 N–H and O–H groups in total. The third kappa shape index (κ3) is 1.83. The summed E-state index contributed by atoms with van der Waals surface area (Å²) in [5, 5.41) is 0. The Labute approximate surface area is 88.8 Å². The molecule has 2 saturated heterocycles. The maximum Gasteiger partial charge on any atom is 0.321 e. The maximum absolute atomic E-state index is 12.0. The molecular weight excluding hydrogens is 198 g/mol. The van der Waals surface area contributed by atoms with Crippen LogP contribution in [-0.4, -0.2) is 53.1 Å². The maximum atomic E-state index is 12.0. The van der Waals surface area contributed by atoms with Gasteiger partial charge < -0.3 is 15.5 Å². The number of nitrogens with two attached hydrogens (primary N) is 1. The summed E-state index contributed by atoms with van der Waals surface area (Å²) in [6, 6.07) is 0.455. The molecule has 2 rings (SSSR count). The van der Waals surface area contributed by atoms with Crippen molar-refractivity contribution in [2.75, 3.05) is 31.3 Å². The number of urea groups is 1. The number of carbonyl (C=O) groups excluding carboxylic acids is 1. The predicted molar refractivity (Wildman–Crippen MR) is 58.2 cm³/mol. The molecule has 2 fully saturated rings. The highest BCUT2D eigenvalue weighted by Gasteiger charge is 2.32. The Balaban J connectivity index is 1.95. The number of carbonyl (C=O) groups is 1. The van der Waals surface area contributed by atoms with Crippen LogP contribution in [0.1, 0.15) is 12.8 Å². The monoisotopic (exact) mass is 215 g/mol. The van der Waals surface area contributed by atoms with Gasteiger partial charge in [0, 0.05) is 25.4 Å². The summed E-state index contributed by atoms with van der Waals surface area (Å²) in [5.41, 5.74) is 5.63. The third-order valence-corrected chi connectivity index (χ3v) is 3.96. The molecule has 0 radical (unpaired) electrons. The average molecular weight is 215 g/mol. The molecule has 0 aromatic heterocycles. The molecule has 0 saturated carbocycles. The first kappa shape index (κ1) is 10.1. The first-order valence-corrected chi connectivity index (χ1v) is 6.32. The first-order chi connectivity index (χ1) is 6.83. The number of likely N-dealkylation sites (tertiary alicyclic amines) is 1. The van der Waals surface area contributed by atoms with Gasteiger partial charge in [0.1, 0.15) is 0 Å². The van der Waals surface area contributed by atoms with Crippen LogP contribution in [0.15, 0.2) is 0 Å². The minimum atomic E-state index is 0.197. The van der Waals surface area contributed by atoms with Gasteiger partial charge in [-0.05, 0) is 12.8 Å². The fourth-order valence-corrected chi connectivity index (χ4v) is 3.19. The number of nitrogens with zero attached hydrogens (tertiary/aromatic N) is 2. The summed E-state index contributed by atoms with van der Waals surface area (Å²) in [5.74, 6) is 1.81. The lowest BCUT2D eigenvalue weighted by molar-refractivity contribution is 0.161. The van der Waals surface area contributed by atoms with Crippen molar-refractivity contribution in [1.29, 1.82) is 0 Å². The number of thioether (sulfide) groups is 1. The summed E-state index contributed by atoms with van der Waals surface area (Å²) in [6.45, 7) is 2.45. The van der Waals surface area contributed by atoms with Crippen LogP contribution in [-0.2, 0) is 0 Å². The van der Waals surface area contributed by atoms with Gasteiger partial charge in [-0.2, -0.15) is 0 Å². The van der Waals surface area contributed by atoms with Crippen LogP contribution >= 0.6 is 11.8 Å². The zero-order valence-corrected chi connectivity index (χ0v) is 9.13. The second-order valence-electron chi connectivity index (χ2n) is 3.84. The molecule has 80 valence electrons. The van der Waals surface area contributed by atoms with Crippen molar-refractivity contribution in [3.8, 4) is 0 Å². The molecule has 0 aromatic rings. The second-order valence-corrected chi connectivity index (χ2v) is 4.84. The van der Waals surface area contributed by atoms with Crippen molar-refractivity contribution in [2.24, 2.45) is 5.73 Å². The molecule has 0 aliphatic carbocycles. The molecular formula is C9H17N3OS. The largest absolute Gasteiger partial charge is 0.328 e.